The van der Waals surface area contributed by atoms with Gasteiger partial charge in [0.2, 0.25) is 0 Å². The molecule has 0 aliphatic heterocycles. The van der Waals surface area contributed by atoms with Crippen molar-refractivity contribution in [2.75, 3.05) is 6.61 Å². The van der Waals surface area contributed by atoms with Gasteiger partial charge < -0.3 is 4.74 Å². The first-order valence-electron chi connectivity index (χ1n) is 6.95. The SMILES string of the molecule is N#CCCCOc1cccc(C=Cc2ccncc2C#N)c1. The van der Waals surface area contributed by atoms with E-state index >= 15 is 0 Å². The molecule has 0 spiro atoms. The first kappa shape index (κ1) is 15.3. The molecule has 108 valence electrons. The van der Waals surface area contributed by atoms with Crippen molar-refractivity contribution in [3.8, 4) is 17.9 Å². The Kier molecular flexibility index (Phi) is 5.72. The fraction of sp³-hybridized carbons (Fsp3) is 0.167. The third-order valence-electron chi connectivity index (χ3n) is 2.99. The number of hydrogen-bond acceptors (Lipinski definition) is 4. The van der Waals surface area contributed by atoms with Gasteiger partial charge in [-0.3, -0.25) is 4.98 Å². The summed E-state index contributed by atoms with van der Waals surface area (Å²) in [5.41, 5.74) is 2.36. The number of nitriles is 2. The zero-order chi connectivity index (χ0) is 15.6. The van der Waals surface area contributed by atoms with Crippen LogP contribution >= 0.6 is 0 Å². The second-order valence-electron chi connectivity index (χ2n) is 4.59. The average Bonchev–Trinajstić information content (AvgIpc) is 2.57. The molecule has 0 saturated carbocycles. The number of rotatable bonds is 6. The largest absolute Gasteiger partial charge is 0.494 e. The van der Waals surface area contributed by atoms with Gasteiger partial charge in [0.05, 0.1) is 18.2 Å². The molecule has 0 bridgehead atoms. The summed E-state index contributed by atoms with van der Waals surface area (Å²) in [5, 5.41) is 17.5. The highest BCUT2D eigenvalue weighted by molar-refractivity contribution is 5.72. The van der Waals surface area contributed by atoms with Gasteiger partial charge in [0.25, 0.3) is 0 Å². The number of ether oxygens (including phenoxy) is 1. The fourth-order valence-electron chi connectivity index (χ4n) is 1.88. The summed E-state index contributed by atoms with van der Waals surface area (Å²) in [6.07, 6.45) is 8.24. The molecule has 0 radical (unpaired) electrons. The van der Waals surface area contributed by atoms with E-state index in [1.165, 1.54) is 0 Å². The van der Waals surface area contributed by atoms with Gasteiger partial charge in [-0.25, -0.2) is 0 Å². The lowest BCUT2D eigenvalue weighted by Gasteiger charge is -2.05. The maximum Gasteiger partial charge on any atom is 0.119 e. The highest BCUT2D eigenvalue weighted by Gasteiger charge is 1.98. The van der Waals surface area contributed by atoms with Crippen LogP contribution in [0.2, 0.25) is 0 Å². The summed E-state index contributed by atoms with van der Waals surface area (Å²) in [5.74, 6) is 0.773. The maximum atomic E-state index is 9.03. The molecular formula is C18H15N3O. The molecule has 0 fully saturated rings. The fourth-order valence-corrected chi connectivity index (χ4v) is 1.88. The molecule has 1 heterocycles. The number of benzene rings is 1. The van der Waals surface area contributed by atoms with E-state index in [0.29, 0.717) is 18.6 Å². The minimum atomic E-state index is 0.499. The van der Waals surface area contributed by atoms with E-state index in [1.807, 2.05) is 36.4 Å². The van der Waals surface area contributed by atoms with Crippen molar-refractivity contribution >= 4 is 12.2 Å². The molecule has 0 N–H and O–H groups in total. The van der Waals surface area contributed by atoms with Gasteiger partial charge in [0.15, 0.2) is 0 Å². The number of aromatic nitrogens is 1. The van der Waals surface area contributed by atoms with E-state index in [4.69, 9.17) is 15.3 Å². The van der Waals surface area contributed by atoms with Crippen molar-refractivity contribution < 1.29 is 4.74 Å². The van der Waals surface area contributed by atoms with Crippen LogP contribution in [0.15, 0.2) is 42.7 Å². The Bertz CT molecular complexity index is 738. The molecule has 0 saturated heterocycles. The Hall–Kier alpha value is -3.11. The zero-order valence-electron chi connectivity index (χ0n) is 12.1. The molecule has 0 aliphatic carbocycles. The van der Waals surface area contributed by atoms with Crippen molar-refractivity contribution in [3.63, 3.8) is 0 Å². The molecule has 0 aliphatic rings. The van der Waals surface area contributed by atoms with Gasteiger partial charge in [-0.15, -0.1) is 0 Å². The molecule has 2 rings (SSSR count). The number of unbranched alkanes of at least 4 members (excludes halogenated alkanes) is 1. The van der Waals surface area contributed by atoms with E-state index in [9.17, 15) is 0 Å². The molecule has 4 heteroatoms. The lowest BCUT2D eigenvalue weighted by Crippen LogP contribution is -1.96. The van der Waals surface area contributed by atoms with Gasteiger partial charge in [-0.1, -0.05) is 24.3 Å². The van der Waals surface area contributed by atoms with Crippen LogP contribution in [0.1, 0.15) is 29.5 Å². The van der Waals surface area contributed by atoms with Crippen LogP contribution in [0, 0.1) is 22.7 Å². The van der Waals surface area contributed by atoms with Crippen molar-refractivity contribution in [1.82, 2.24) is 4.98 Å². The van der Waals surface area contributed by atoms with Crippen LogP contribution in [-0.2, 0) is 0 Å². The molecule has 0 atom stereocenters. The summed E-state index contributed by atoms with van der Waals surface area (Å²) in [6.45, 7) is 0.531. The Balaban J connectivity index is 2.05. The van der Waals surface area contributed by atoms with Crippen LogP contribution in [0.4, 0.5) is 0 Å². The highest BCUT2D eigenvalue weighted by Crippen LogP contribution is 2.17. The van der Waals surface area contributed by atoms with Crippen molar-refractivity contribution in [2.45, 2.75) is 12.8 Å². The Morgan fingerprint density at radius 1 is 1.18 bits per heavy atom. The second kappa shape index (κ2) is 8.24. The maximum absolute atomic E-state index is 9.03. The van der Waals surface area contributed by atoms with Crippen LogP contribution < -0.4 is 4.74 Å². The molecular weight excluding hydrogens is 274 g/mol. The van der Waals surface area contributed by atoms with E-state index in [0.717, 1.165) is 23.3 Å². The second-order valence-corrected chi connectivity index (χ2v) is 4.59. The lowest BCUT2D eigenvalue weighted by atomic mass is 10.1. The predicted octanol–water partition coefficient (Wildman–Crippen LogP) is 3.81. The van der Waals surface area contributed by atoms with Gasteiger partial charge in [-0.05, 0) is 35.7 Å². The zero-order valence-corrected chi connectivity index (χ0v) is 12.1. The Morgan fingerprint density at radius 3 is 2.91 bits per heavy atom. The average molecular weight is 289 g/mol. The third-order valence-corrected chi connectivity index (χ3v) is 2.99. The summed E-state index contributed by atoms with van der Waals surface area (Å²) in [6, 6.07) is 13.7. The quantitative estimate of drug-likeness (QED) is 0.758. The summed E-state index contributed by atoms with van der Waals surface area (Å²) < 4.78 is 5.60. The van der Waals surface area contributed by atoms with Crippen molar-refractivity contribution in [3.05, 3.63) is 59.4 Å². The molecule has 4 nitrogen and oxygen atoms in total. The van der Waals surface area contributed by atoms with Crippen LogP contribution in [-0.4, -0.2) is 11.6 Å². The van der Waals surface area contributed by atoms with Gasteiger partial charge in [0, 0.05) is 18.8 Å². The number of nitrogens with zero attached hydrogens (tertiary/aromatic N) is 3. The monoisotopic (exact) mass is 289 g/mol. The van der Waals surface area contributed by atoms with Gasteiger partial charge in [0.1, 0.15) is 11.8 Å². The van der Waals surface area contributed by atoms with Crippen molar-refractivity contribution in [1.29, 1.82) is 10.5 Å². The summed E-state index contributed by atoms with van der Waals surface area (Å²) in [7, 11) is 0. The van der Waals surface area contributed by atoms with Gasteiger partial charge in [-0.2, -0.15) is 10.5 Å². The molecule has 0 amide bonds. The minimum Gasteiger partial charge on any atom is -0.494 e. The number of hydrogen-bond donors (Lipinski definition) is 0. The minimum absolute atomic E-state index is 0.499. The molecule has 0 unspecified atom stereocenters. The molecule has 1 aromatic heterocycles. The smallest absolute Gasteiger partial charge is 0.119 e. The van der Waals surface area contributed by atoms with Crippen LogP contribution in [0.5, 0.6) is 5.75 Å². The Morgan fingerprint density at radius 2 is 2.09 bits per heavy atom. The predicted molar refractivity (Wildman–Crippen MR) is 84.7 cm³/mol. The first-order valence-corrected chi connectivity index (χ1v) is 6.95. The molecule has 1 aromatic carbocycles. The normalized spacial score (nSPS) is 10.1. The summed E-state index contributed by atoms with van der Waals surface area (Å²) >= 11 is 0. The van der Waals surface area contributed by atoms with E-state index in [2.05, 4.69) is 17.1 Å². The first-order chi connectivity index (χ1) is 10.8. The third kappa shape index (κ3) is 4.47. The van der Waals surface area contributed by atoms with Gasteiger partial charge >= 0.3 is 0 Å². The van der Waals surface area contributed by atoms with E-state index < -0.39 is 0 Å². The molecule has 22 heavy (non-hydrogen) atoms. The topological polar surface area (TPSA) is 69.7 Å². The summed E-state index contributed by atoms with van der Waals surface area (Å²) in [4.78, 5) is 3.93. The lowest BCUT2D eigenvalue weighted by molar-refractivity contribution is 0.312. The number of pyridine rings is 1. The highest BCUT2D eigenvalue weighted by atomic mass is 16.5. The van der Waals surface area contributed by atoms with Crippen LogP contribution in [0.3, 0.4) is 0 Å². The van der Waals surface area contributed by atoms with Crippen molar-refractivity contribution in [2.24, 2.45) is 0 Å². The van der Waals surface area contributed by atoms with E-state index in [-0.39, 0.29) is 0 Å². The Labute approximate surface area is 129 Å². The van der Waals surface area contributed by atoms with Crippen LogP contribution in [0.25, 0.3) is 12.2 Å². The molecule has 2 aromatic rings. The van der Waals surface area contributed by atoms with E-state index in [1.54, 1.807) is 18.5 Å². The standard InChI is InChI=1S/C18H15N3O/c19-9-1-2-11-22-18-5-3-4-15(12-18)6-7-16-8-10-21-14-17(16)13-20/h3-8,10,12,14H,1-2,11H2.